The molecule has 1 N–H and O–H groups in total. The van der Waals surface area contributed by atoms with E-state index in [1.807, 2.05) is 4.90 Å². The molecule has 1 atom stereocenters. The Kier molecular flexibility index (Phi) is 3.61. The largest absolute Gasteiger partial charge is 0.340 e. The molecular weight excluding hydrogens is 220 g/mol. The Labute approximate surface area is 100 Å². The van der Waals surface area contributed by atoms with Crippen molar-refractivity contribution >= 4 is 17.2 Å². The van der Waals surface area contributed by atoms with Crippen LogP contribution < -0.4 is 5.32 Å². The Balaban J connectivity index is 1.92. The summed E-state index contributed by atoms with van der Waals surface area (Å²) in [5, 5.41) is 3.34. The average molecular weight is 238 g/mol. The number of nitrogens with zero attached hydrogens (tertiary/aromatic N) is 1. The summed E-state index contributed by atoms with van der Waals surface area (Å²) in [6.45, 7) is 6.79. The fraction of sp³-hybridized carbons (Fsp3) is 0.583. The van der Waals surface area contributed by atoms with Crippen LogP contribution in [0.3, 0.4) is 0 Å². The number of hydrogen-bond donors (Lipinski definition) is 1. The Morgan fingerprint density at radius 2 is 2.44 bits per heavy atom. The van der Waals surface area contributed by atoms with E-state index in [2.05, 4.69) is 31.3 Å². The molecule has 2 rings (SSSR count). The summed E-state index contributed by atoms with van der Waals surface area (Å²) < 4.78 is 0. The van der Waals surface area contributed by atoms with E-state index >= 15 is 0 Å². The quantitative estimate of drug-likeness (QED) is 0.845. The molecule has 2 heterocycles. The molecule has 4 heteroatoms. The lowest BCUT2D eigenvalue weighted by Crippen LogP contribution is -2.51. The number of piperazine rings is 1. The van der Waals surface area contributed by atoms with Crippen molar-refractivity contribution in [3.8, 4) is 0 Å². The maximum Gasteiger partial charge on any atom is 0.227 e. The smallest absolute Gasteiger partial charge is 0.227 e. The number of amides is 1. The number of carbonyl (C=O) groups excluding carboxylic acids is 1. The van der Waals surface area contributed by atoms with E-state index in [9.17, 15) is 4.79 Å². The minimum absolute atomic E-state index is 0.259. The second-order valence-electron chi connectivity index (χ2n) is 4.38. The van der Waals surface area contributed by atoms with Gasteiger partial charge in [0.2, 0.25) is 5.91 Å². The number of hydrogen-bond acceptors (Lipinski definition) is 3. The van der Waals surface area contributed by atoms with Crippen LogP contribution in [-0.4, -0.2) is 36.5 Å². The van der Waals surface area contributed by atoms with E-state index in [0.29, 0.717) is 12.5 Å². The highest BCUT2D eigenvalue weighted by molar-refractivity contribution is 7.12. The van der Waals surface area contributed by atoms with E-state index in [0.717, 1.165) is 19.6 Å². The molecule has 1 unspecified atom stereocenters. The van der Waals surface area contributed by atoms with Gasteiger partial charge >= 0.3 is 0 Å². The third kappa shape index (κ3) is 2.83. The van der Waals surface area contributed by atoms with Crippen LogP contribution in [0.15, 0.2) is 12.1 Å². The third-order valence-corrected chi connectivity index (χ3v) is 3.84. The summed E-state index contributed by atoms with van der Waals surface area (Å²) in [6, 6.07) is 4.56. The zero-order valence-electron chi connectivity index (χ0n) is 9.82. The van der Waals surface area contributed by atoms with E-state index in [-0.39, 0.29) is 5.91 Å². The lowest BCUT2D eigenvalue weighted by molar-refractivity contribution is -0.131. The number of aryl methyl sites for hydroxylation is 1. The second-order valence-corrected chi connectivity index (χ2v) is 5.76. The molecule has 0 spiro atoms. The molecule has 1 fully saturated rings. The predicted octanol–water partition coefficient (Wildman–Crippen LogP) is 1.42. The lowest BCUT2D eigenvalue weighted by Gasteiger charge is -2.31. The molecule has 1 saturated heterocycles. The Morgan fingerprint density at radius 1 is 1.62 bits per heavy atom. The highest BCUT2D eigenvalue weighted by atomic mass is 32.1. The van der Waals surface area contributed by atoms with E-state index in [4.69, 9.17) is 0 Å². The number of thiophene rings is 1. The van der Waals surface area contributed by atoms with Gasteiger partial charge in [-0.3, -0.25) is 4.79 Å². The van der Waals surface area contributed by atoms with Gasteiger partial charge in [0.15, 0.2) is 0 Å². The molecule has 1 amide bonds. The zero-order valence-corrected chi connectivity index (χ0v) is 10.6. The summed E-state index contributed by atoms with van der Waals surface area (Å²) in [4.78, 5) is 16.4. The average Bonchev–Trinajstić information content (AvgIpc) is 2.64. The van der Waals surface area contributed by atoms with Crippen molar-refractivity contribution in [2.45, 2.75) is 26.3 Å². The monoisotopic (exact) mass is 238 g/mol. The Bertz CT molecular complexity index is 375. The van der Waals surface area contributed by atoms with Crippen molar-refractivity contribution in [2.75, 3.05) is 19.6 Å². The molecule has 0 aromatic carbocycles. The molecule has 0 bridgehead atoms. The van der Waals surface area contributed by atoms with Gasteiger partial charge < -0.3 is 10.2 Å². The number of nitrogens with one attached hydrogen (secondary N) is 1. The topological polar surface area (TPSA) is 32.3 Å². The molecule has 3 nitrogen and oxygen atoms in total. The normalized spacial score (nSPS) is 21.1. The summed E-state index contributed by atoms with van der Waals surface area (Å²) >= 11 is 1.72. The summed E-state index contributed by atoms with van der Waals surface area (Å²) in [5.41, 5.74) is 0. The molecule has 0 saturated carbocycles. The van der Waals surface area contributed by atoms with Gasteiger partial charge in [-0.05, 0) is 26.0 Å². The fourth-order valence-corrected chi connectivity index (χ4v) is 2.88. The van der Waals surface area contributed by atoms with Crippen LogP contribution >= 0.6 is 11.3 Å². The first-order valence-electron chi connectivity index (χ1n) is 5.71. The molecule has 1 aromatic rings. The SMILES string of the molecule is Cc1ccc(CC(=O)N2CCNC(C)C2)s1. The predicted molar refractivity (Wildman–Crippen MR) is 66.8 cm³/mol. The van der Waals surface area contributed by atoms with Gasteiger partial charge in [-0.1, -0.05) is 0 Å². The van der Waals surface area contributed by atoms with Crippen molar-refractivity contribution in [3.63, 3.8) is 0 Å². The molecule has 1 aliphatic rings. The van der Waals surface area contributed by atoms with Crippen molar-refractivity contribution in [1.29, 1.82) is 0 Å². The van der Waals surface area contributed by atoms with E-state index in [1.54, 1.807) is 11.3 Å². The van der Waals surface area contributed by atoms with Crippen LogP contribution in [0.4, 0.5) is 0 Å². The van der Waals surface area contributed by atoms with Crippen molar-refractivity contribution in [3.05, 3.63) is 21.9 Å². The van der Waals surface area contributed by atoms with Gasteiger partial charge in [-0.15, -0.1) is 11.3 Å². The van der Waals surface area contributed by atoms with Crippen LogP contribution in [0, 0.1) is 6.92 Å². The zero-order chi connectivity index (χ0) is 11.5. The minimum Gasteiger partial charge on any atom is -0.340 e. The molecule has 88 valence electrons. The van der Waals surface area contributed by atoms with E-state index < -0.39 is 0 Å². The molecule has 1 aromatic heterocycles. The van der Waals surface area contributed by atoms with Crippen molar-refractivity contribution in [1.82, 2.24) is 10.2 Å². The minimum atomic E-state index is 0.259. The fourth-order valence-electron chi connectivity index (χ4n) is 2.00. The van der Waals surface area contributed by atoms with Gasteiger partial charge in [-0.2, -0.15) is 0 Å². The van der Waals surface area contributed by atoms with Gasteiger partial charge in [0.05, 0.1) is 6.42 Å². The van der Waals surface area contributed by atoms with Crippen LogP contribution in [-0.2, 0) is 11.2 Å². The van der Waals surface area contributed by atoms with Crippen molar-refractivity contribution < 1.29 is 4.79 Å². The summed E-state index contributed by atoms with van der Waals surface area (Å²) in [7, 11) is 0. The van der Waals surface area contributed by atoms with Crippen LogP contribution in [0.25, 0.3) is 0 Å². The maximum absolute atomic E-state index is 12.0. The number of rotatable bonds is 2. The highest BCUT2D eigenvalue weighted by Crippen LogP contribution is 2.16. The molecule has 1 aliphatic heterocycles. The summed E-state index contributed by atoms with van der Waals surface area (Å²) in [6.07, 6.45) is 0.561. The first-order valence-corrected chi connectivity index (χ1v) is 6.53. The van der Waals surface area contributed by atoms with Gasteiger partial charge in [-0.25, -0.2) is 0 Å². The summed E-state index contributed by atoms with van der Waals surface area (Å²) in [5.74, 6) is 0.259. The van der Waals surface area contributed by atoms with Crippen LogP contribution in [0.5, 0.6) is 0 Å². The van der Waals surface area contributed by atoms with Gasteiger partial charge in [0.25, 0.3) is 0 Å². The third-order valence-electron chi connectivity index (χ3n) is 2.84. The Hall–Kier alpha value is -0.870. The number of carbonyl (C=O) groups is 1. The van der Waals surface area contributed by atoms with E-state index in [1.165, 1.54) is 9.75 Å². The van der Waals surface area contributed by atoms with Crippen LogP contribution in [0.2, 0.25) is 0 Å². The Morgan fingerprint density at radius 3 is 3.06 bits per heavy atom. The van der Waals surface area contributed by atoms with Gasteiger partial charge in [0, 0.05) is 35.4 Å². The van der Waals surface area contributed by atoms with Crippen LogP contribution in [0.1, 0.15) is 16.7 Å². The maximum atomic E-state index is 12.0. The molecule has 0 aliphatic carbocycles. The molecular formula is C12H18N2OS. The first-order chi connectivity index (χ1) is 7.65. The first kappa shape index (κ1) is 11.6. The standard InChI is InChI=1S/C12H18N2OS/c1-9-8-14(6-5-13-9)12(15)7-11-4-3-10(2)16-11/h3-4,9,13H,5-8H2,1-2H3. The molecule has 16 heavy (non-hydrogen) atoms. The van der Waals surface area contributed by atoms with Gasteiger partial charge in [0.1, 0.15) is 0 Å². The lowest BCUT2D eigenvalue weighted by atomic mass is 10.2. The van der Waals surface area contributed by atoms with Crippen molar-refractivity contribution in [2.24, 2.45) is 0 Å². The highest BCUT2D eigenvalue weighted by Gasteiger charge is 2.20. The molecule has 0 radical (unpaired) electrons. The second kappa shape index (κ2) is 4.97.